The number of para-hydroxylation sites is 2. The molecule has 1 saturated heterocycles. The maximum Gasteiger partial charge on any atom is 0.264 e. The zero-order chi connectivity index (χ0) is 29.3. The highest BCUT2D eigenvalue weighted by molar-refractivity contribution is 7.92. The SMILES string of the molecule is Cc1ccc(S(=O)(=O)N(C[C@@H](O)Cn2c3ccccc3c3ccccc32)c2ccc(C(=O)N3CCCCC3)cc2)cc1. The average Bonchev–Trinajstić information content (AvgIpc) is 3.33. The van der Waals surface area contributed by atoms with Crippen molar-refractivity contribution < 1.29 is 18.3 Å². The van der Waals surface area contributed by atoms with Crippen molar-refractivity contribution in [2.45, 2.75) is 43.7 Å². The molecule has 1 amide bonds. The molecule has 2 heterocycles. The number of fused-ring (bicyclic) bond motifs is 3. The number of rotatable bonds is 8. The summed E-state index contributed by atoms with van der Waals surface area (Å²) in [4.78, 5) is 15.1. The zero-order valence-electron chi connectivity index (χ0n) is 23.7. The number of benzene rings is 4. The topological polar surface area (TPSA) is 82.8 Å². The van der Waals surface area contributed by atoms with Gasteiger partial charge in [-0.2, -0.15) is 0 Å². The molecular formula is C34H35N3O4S. The Balaban J connectivity index is 1.33. The van der Waals surface area contributed by atoms with E-state index in [-0.39, 0.29) is 23.9 Å². The number of carbonyl (C=O) groups excluding carboxylic acids is 1. The third-order valence-corrected chi connectivity index (χ3v) is 9.91. The molecule has 8 heteroatoms. The van der Waals surface area contributed by atoms with Gasteiger partial charge < -0.3 is 14.6 Å². The van der Waals surface area contributed by atoms with Gasteiger partial charge in [-0.1, -0.05) is 54.1 Å². The number of aliphatic hydroxyl groups excluding tert-OH is 1. The quantitative estimate of drug-likeness (QED) is 0.244. The Hall–Kier alpha value is -4.14. The first-order chi connectivity index (χ1) is 20.3. The standard InChI is InChI=1S/C34H35N3O4S/c1-25-13-19-29(20-14-25)42(40,41)37(27-17-15-26(16-18-27)34(39)35-21-7-2-8-22-35)24-28(38)23-36-32-11-5-3-9-30(32)31-10-4-6-12-33(31)36/h3-6,9-20,28,38H,2,7-8,21-24H2,1H3/t28-/m0/s1. The molecule has 0 spiro atoms. The van der Waals surface area contributed by atoms with Gasteiger partial charge in [-0.05, 0) is 74.7 Å². The van der Waals surface area contributed by atoms with Gasteiger partial charge in [0.15, 0.2) is 0 Å². The molecule has 1 fully saturated rings. The summed E-state index contributed by atoms with van der Waals surface area (Å²) < 4.78 is 31.3. The van der Waals surface area contributed by atoms with Gasteiger partial charge in [-0.3, -0.25) is 9.10 Å². The molecule has 6 rings (SSSR count). The molecule has 1 N–H and O–H groups in total. The highest BCUT2D eigenvalue weighted by atomic mass is 32.2. The van der Waals surface area contributed by atoms with E-state index in [4.69, 9.17) is 0 Å². The van der Waals surface area contributed by atoms with Crippen LogP contribution >= 0.6 is 0 Å². The third kappa shape index (κ3) is 5.40. The largest absolute Gasteiger partial charge is 0.389 e. The maximum absolute atomic E-state index is 14.0. The number of nitrogens with zero attached hydrogens (tertiary/aromatic N) is 3. The van der Waals surface area contributed by atoms with Crippen molar-refractivity contribution in [2.24, 2.45) is 0 Å². The van der Waals surface area contributed by atoms with Gasteiger partial charge in [0, 0.05) is 40.5 Å². The van der Waals surface area contributed by atoms with Crippen LogP contribution in [0.3, 0.4) is 0 Å². The molecule has 0 bridgehead atoms. The van der Waals surface area contributed by atoms with E-state index in [0.717, 1.165) is 59.7 Å². The van der Waals surface area contributed by atoms with Gasteiger partial charge in [0.2, 0.25) is 0 Å². The fourth-order valence-corrected chi connectivity index (χ4v) is 7.39. The van der Waals surface area contributed by atoms with Crippen LogP contribution in [0.15, 0.2) is 102 Å². The van der Waals surface area contributed by atoms with E-state index in [9.17, 15) is 18.3 Å². The number of amides is 1. The van der Waals surface area contributed by atoms with E-state index in [1.54, 1.807) is 48.5 Å². The Kier molecular flexibility index (Phi) is 7.75. The fourth-order valence-electron chi connectivity index (χ4n) is 5.89. The molecule has 4 aromatic carbocycles. The normalized spacial score (nSPS) is 14.8. The Labute approximate surface area is 246 Å². The second-order valence-electron chi connectivity index (χ2n) is 11.0. The molecule has 5 aromatic rings. The lowest BCUT2D eigenvalue weighted by Gasteiger charge is -2.28. The third-order valence-electron chi connectivity index (χ3n) is 8.10. The van der Waals surface area contributed by atoms with Gasteiger partial charge in [0.1, 0.15) is 0 Å². The first-order valence-corrected chi connectivity index (χ1v) is 15.9. The number of aliphatic hydroxyl groups is 1. The molecule has 0 unspecified atom stereocenters. The van der Waals surface area contributed by atoms with E-state index >= 15 is 0 Å². The summed E-state index contributed by atoms with van der Waals surface area (Å²) in [5, 5.41) is 13.6. The van der Waals surface area contributed by atoms with Crippen molar-refractivity contribution in [2.75, 3.05) is 23.9 Å². The number of piperidine rings is 1. The molecule has 1 aromatic heterocycles. The molecule has 42 heavy (non-hydrogen) atoms. The number of sulfonamides is 1. The monoisotopic (exact) mass is 581 g/mol. The predicted octanol–water partition coefficient (Wildman–Crippen LogP) is 5.99. The molecule has 7 nitrogen and oxygen atoms in total. The lowest BCUT2D eigenvalue weighted by atomic mass is 10.1. The van der Waals surface area contributed by atoms with Crippen LogP contribution in [0.5, 0.6) is 0 Å². The number of aromatic nitrogens is 1. The number of likely N-dealkylation sites (tertiary alicyclic amines) is 1. The number of hydrogen-bond acceptors (Lipinski definition) is 4. The van der Waals surface area contributed by atoms with Gasteiger partial charge in [0.05, 0.1) is 29.8 Å². The lowest BCUT2D eigenvalue weighted by Crippen LogP contribution is -2.39. The Morgan fingerprint density at radius 3 is 1.98 bits per heavy atom. The minimum absolute atomic E-state index is 0.0411. The van der Waals surface area contributed by atoms with E-state index in [1.165, 1.54) is 4.31 Å². The smallest absolute Gasteiger partial charge is 0.264 e. The Morgan fingerprint density at radius 2 is 1.38 bits per heavy atom. The number of hydrogen-bond donors (Lipinski definition) is 1. The van der Waals surface area contributed by atoms with Gasteiger partial charge in [-0.15, -0.1) is 0 Å². The minimum Gasteiger partial charge on any atom is -0.389 e. The van der Waals surface area contributed by atoms with Gasteiger partial charge in [0.25, 0.3) is 15.9 Å². The average molecular weight is 582 g/mol. The summed E-state index contributed by atoms with van der Waals surface area (Å²) in [5.41, 5.74) is 3.83. The predicted molar refractivity (Wildman–Crippen MR) is 167 cm³/mol. The minimum atomic E-state index is -4.01. The Morgan fingerprint density at radius 1 is 0.810 bits per heavy atom. The zero-order valence-corrected chi connectivity index (χ0v) is 24.5. The van der Waals surface area contributed by atoms with Gasteiger partial charge in [-0.25, -0.2) is 8.42 Å². The number of aryl methyl sites for hydroxylation is 1. The first-order valence-electron chi connectivity index (χ1n) is 14.5. The summed E-state index contributed by atoms with van der Waals surface area (Å²) in [6.07, 6.45) is 2.11. The van der Waals surface area contributed by atoms with Gasteiger partial charge >= 0.3 is 0 Å². The highest BCUT2D eigenvalue weighted by Gasteiger charge is 2.28. The van der Waals surface area contributed by atoms with E-state index in [0.29, 0.717) is 11.3 Å². The lowest BCUT2D eigenvalue weighted by molar-refractivity contribution is 0.0724. The number of anilines is 1. The van der Waals surface area contributed by atoms with Crippen LogP contribution in [0.2, 0.25) is 0 Å². The molecule has 1 aliphatic rings. The van der Waals surface area contributed by atoms with E-state index in [1.807, 2.05) is 52.8 Å². The van der Waals surface area contributed by atoms with E-state index in [2.05, 4.69) is 12.1 Å². The van der Waals surface area contributed by atoms with Crippen molar-refractivity contribution in [3.05, 3.63) is 108 Å². The second kappa shape index (κ2) is 11.6. The Bertz CT molecular complexity index is 1770. The molecular weight excluding hydrogens is 546 g/mol. The van der Waals surface area contributed by atoms with Crippen LogP contribution in [0.4, 0.5) is 5.69 Å². The first kappa shape index (κ1) is 28.0. The summed E-state index contributed by atoms with van der Waals surface area (Å²) in [7, 11) is -4.01. The van der Waals surface area contributed by atoms with Crippen LogP contribution < -0.4 is 4.31 Å². The maximum atomic E-state index is 14.0. The molecule has 1 atom stereocenters. The van der Waals surface area contributed by atoms with Crippen molar-refractivity contribution in [3.63, 3.8) is 0 Å². The van der Waals surface area contributed by atoms with E-state index < -0.39 is 16.1 Å². The summed E-state index contributed by atoms with van der Waals surface area (Å²) in [6.45, 7) is 3.44. The van der Waals surface area contributed by atoms with Crippen molar-refractivity contribution in [1.82, 2.24) is 9.47 Å². The molecule has 1 aliphatic heterocycles. The van der Waals surface area contributed by atoms with Crippen LogP contribution in [0.1, 0.15) is 35.2 Å². The van der Waals surface area contributed by atoms with Crippen LogP contribution in [-0.2, 0) is 16.6 Å². The second-order valence-corrected chi connectivity index (χ2v) is 12.9. The molecule has 0 aliphatic carbocycles. The summed E-state index contributed by atoms with van der Waals surface area (Å²) in [6, 6.07) is 29.5. The van der Waals surface area contributed by atoms with Crippen molar-refractivity contribution >= 4 is 43.4 Å². The highest BCUT2D eigenvalue weighted by Crippen LogP contribution is 2.30. The van der Waals surface area contributed by atoms with Crippen molar-refractivity contribution in [3.8, 4) is 0 Å². The van der Waals surface area contributed by atoms with Crippen LogP contribution in [0.25, 0.3) is 21.8 Å². The molecule has 216 valence electrons. The molecule has 0 saturated carbocycles. The fraction of sp³-hybridized carbons (Fsp3) is 0.265. The van der Waals surface area contributed by atoms with Crippen LogP contribution in [0, 0.1) is 6.92 Å². The van der Waals surface area contributed by atoms with Crippen molar-refractivity contribution in [1.29, 1.82) is 0 Å². The van der Waals surface area contributed by atoms with Crippen LogP contribution in [-0.4, -0.2) is 54.6 Å². The summed E-state index contributed by atoms with van der Waals surface area (Å²) in [5.74, 6) is -0.0411. The summed E-state index contributed by atoms with van der Waals surface area (Å²) >= 11 is 0. The molecule has 0 radical (unpaired) electrons. The number of carbonyl (C=O) groups is 1.